The first kappa shape index (κ1) is 23.0. The third-order valence-corrected chi connectivity index (χ3v) is 5.14. The highest BCUT2D eigenvalue weighted by Crippen LogP contribution is 2.30. The molecule has 31 heavy (non-hydrogen) atoms. The molecule has 0 unspecified atom stereocenters. The molecule has 1 atom stereocenters. The largest absolute Gasteiger partial charge is 0.339 e. The average Bonchev–Trinajstić information content (AvgIpc) is 2.72. The molecular weight excluding hydrogens is 483 g/mol. The van der Waals surface area contributed by atoms with Gasteiger partial charge in [-0.15, -0.1) is 0 Å². The van der Waals surface area contributed by atoms with Crippen LogP contribution in [-0.4, -0.2) is 25.9 Å². The molecule has 3 N–H and O–H groups in total. The minimum Gasteiger partial charge on any atom is -0.339 e. The fraction of sp³-hybridized carbons (Fsp3) is 0.100. The number of rotatable bonds is 5. The van der Waals surface area contributed by atoms with Crippen molar-refractivity contribution < 1.29 is 9.72 Å². The lowest BCUT2D eigenvalue weighted by atomic mass is 10.1. The molecule has 0 heterocycles. The molecule has 0 saturated heterocycles. The number of para-hydroxylation sites is 1. The van der Waals surface area contributed by atoms with E-state index in [1.807, 2.05) is 42.5 Å². The highest BCUT2D eigenvalue weighted by molar-refractivity contribution is 7.80. The van der Waals surface area contributed by atoms with Gasteiger partial charge >= 0.3 is 0 Å². The zero-order valence-electron chi connectivity index (χ0n) is 15.6. The van der Waals surface area contributed by atoms with Crippen LogP contribution in [0.5, 0.6) is 0 Å². The Morgan fingerprint density at radius 1 is 0.968 bits per heavy atom. The van der Waals surface area contributed by atoms with Crippen molar-refractivity contribution in [2.24, 2.45) is 0 Å². The Morgan fingerprint density at radius 3 is 2.32 bits per heavy atom. The number of carbonyl (C=O) groups excluding carboxylic acids is 1. The van der Waals surface area contributed by atoms with Gasteiger partial charge in [0.25, 0.3) is 11.6 Å². The molecule has 0 aliphatic rings. The number of hydrogen-bond acceptors (Lipinski definition) is 4. The summed E-state index contributed by atoms with van der Waals surface area (Å²) in [6.07, 6.45) is -1.28. The minimum atomic E-state index is -2.01. The van der Waals surface area contributed by atoms with Crippen LogP contribution < -0.4 is 16.0 Å². The van der Waals surface area contributed by atoms with Gasteiger partial charge < -0.3 is 16.0 Å². The van der Waals surface area contributed by atoms with Gasteiger partial charge in [0.1, 0.15) is 11.7 Å². The van der Waals surface area contributed by atoms with Crippen LogP contribution in [0.2, 0.25) is 0 Å². The number of nitrogens with zero attached hydrogens (tertiary/aromatic N) is 1. The van der Waals surface area contributed by atoms with Gasteiger partial charge in [0.05, 0.1) is 4.92 Å². The monoisotopic (exact) mass is 496 g/mol. The van der Waals surface area contributed by atoms with E-state index in [-0.39, 0.29) is 16.4 Å². The lowest BCUT2D eigenvalue weighted by molar-refractivity contribution is -0.385. The third kappa shape index (κ3) is 5.74. The van der Waals surface area contributed by atoms with Crippen LogP contribution in [0.25, 0.3) is 10.8 Å². The van der Waals surface area contributed by atoms with Crippen LogP contribution in [0.15, 0.2) is 66.7 Å². The zero-order valence-corrected chi connectivity index (χ0v) is 18.7. The molecule has 0 saturated carbocycles. The quantitative estimate of drug-likeness (QED) is 0.148. The predicted molar refractivity (Wildman–Crippen MR) is 128 cm³/mol. The maximum Gasteiger partial charge on any atom is 0.282 e. The van der Waals surface area contributed by atoms with E-state index in [2.05, 4.69) is 16.0 Å². The fourth-order valence-electron chi connectivity index (χ4n) is 2.86. The second-order valence-corrected chi connectivity index (χ2v) is 9.12. The topological polar surface area (TPSA) is 96.3 Å². The van der Waals surface area contributed by atoms with Crippen LogP contribution in [0.1, 0.15) is 10.4 Å². The van der Waals surface area contributed by atoms with E-state index in [9.17, 15) is 14.9 Å². The molecule has 3 aromatic rings. The maximum absolute atomic E-state index is 12.6. The molecule has 3 aromatic carbocycles. The number of halogens is 3. The van der Waals surface area contributed by atoms with Gasteiger partial charge in [0.2, 0.25) is 3.79 Å². The number of nitro groups is 1. The number of anilines is 1. The molecule has 0 radical (unpaired) electrons. The first-order valence-corrected chi connectivity index (χ1v) is 10.4. The summed E-state index contributed by atoms with van der Waals surface area (Å²) in [6.45, 7) is 0. The second kappa shape index (κ2) is 9.65. The van der Waals surface area contributed by atoms with Crippen molar-refractivity contribution in [2.45, 2.75) is 9.96 Å². The van der Waals surface area contributed by atoms with Gasteiger partial charge in [-0.25, -0.2) is 0 Å². The van der Waals surface area contributed by atoms with Gasteiger partial charge in [0.15, 0.2) is 5.11 Å². The van der Waals surface area contributed by atoms with Crippen LogP contribution in [0, 0.1) is 10.1 Å². The number of nitrogens with one attached hydrogen (secondary N) is 3. The third-order valence-electron chi connectivity index (χ3n) is 4.26. The smallest absolute Gasteiger partial charge is 0.282 e. The average molecular weight is 498 g/mol. The number of benzene rings is 3. The molecule has 0 aromatic heterocycles. The molecule has 1 amide bonds. The van der Waals surface area contributed by atoms with Gasteiger partial charge in [-0.2, -0.15) is 0 Å². The maximum atomic E-state index is 12.6. The summed E-state index contributed by atoms with van der Waals surface area (Å²) >= 11 is 23.3. The molecule has 11 heteroatoms. The Labute approximate surface area is 197 Å². The van der Waals surface area contributed by atoms with Gasteiger partial charge in [-0.1, -0.05) is 83.3 Å². The first-order chi connectivity index (χ1) is 14.7. The molecule has 0 fully saturated rings. The Hall–Kier alpha value is -2.65. The molecule has 0 spiro atoms. The number of nitro benzene ring substituents is 1. The van der Waals surface area contributed by atoms with Crippen LogP contribution in [0.3, 0.4) is 0 Å². The number of amides is 1. The van der Waals surface area contributed by atoms with Crippen molar-refractivity contribution in [3.8, 4) is 0 Å². The Balaban J connectivity index is 1.78. The van der Waals surface area contributed by atoms with Crippen molar-refractivity contribution in [1.29, 1.82) is 0 Å². The van der Waals surface area contributed by atoms with Crippen molar-refractivity contribution in [3.63, 3.8) is 0 Å². The van der Waals surface area contributed by atoms with E-state index >= 15 is 0 Å². The summed E-state index contributed by atoms with van der Waals surface area (Å²) in [6, 6.07) is 18.8. The summed E-state index contributed by atoms with van der Waals surface area (Å²) < 4.78 is -2.01. The zero-order chi connectivity index (χ0) is 22.6. The number of carbonyl (C=O) groups is 1. The van der Waals surface area contributed by atoms with Gasteiger partial charge in [-0.05, 0) is 29.7 Å². The van der Waals surface area contributed by atoms with Crippen LogP contribution in [0.4, 0.5) is 11.4 Å². The first-order valence-electron chi connectivity index (χ1n) is 8.83. The highest BCUT2D eigenvalue weighted by atomic mass is 35.6. The number of alkyl halides is 3. The number of hydrogen-bond donors (Lipinski definition) is 3. The second-order valence-electron chi connectivity index (χ2n) is 6.35. The fourth-order valence-corrected chi connectivity index (χ4v) is 3.41. The van der Waals surface area contributed by atoms with Gasteiger partial charge in [-0.3, -0.25) is 14.9 Å². The summed E-state index contributed by atoms with van der Waals surface area (Å²) in [7, 11) is 0. The van der Waals surface area contributed by atoms with E-state index in [1.165, 1.54) is 24.3 Å². The SMILES string of the molecule is O=C(N[C@H](NC(=S)Nc1cccc2ccccc12)C(Cl)(Cl)Cl)c1ccccc1[N+](=O)[O-]. The Kier molecular flexibility index (Phi) is 7.17. The van der Waals surface area contributed by atoms with E-state index in [0.717, 1.165) is 10.8 Å². The Morgan fingerprint density at radius 2 is 1.61 bits per heavy atom. The Bertz CT molecular complexity index is 1150. The van der Waals surface area contributed by atoms with Gasteiger partial charge in [0, 0.05) is 17.1 Å². The molecule has 7 nitrogen and oxygen atoms in total. The lowest BCUT2D eigenvalue weighted by Crippen LogP contribution is -2.56. The molecule has 3 rings (SSSR count). The summed E-state index contributed by atoms with van der Waals surface area (Å²) in [4.78, 5) is 23.2. The van der Waals surface area contributed by atoms with Crippen molar-refractivity contribution in [1.82, 2.24) is 10.6 Å². The highest BCUT2D eigenvalue weighted by Gasteiger charge is 2.36. The summed E-state index contributed by atoms with van der Waals surface area (Å²) in [5.41, 5.74) is 0.157. The summed E-state index contributed by atoms with van der Waals surface area (Å²) in [5.74, 6) is -0.802. The summed E-state index contributed by atoms with van der Waals surface area (Å²) in [5, 5.41) is 21.4. The van der Waals surface area contributed by atoms with E-state index in [0.29, 0.717) is 5.69 Å². The predicted octanol–water partition coefficient (Wildman–Crippen LogP) is 5.16. The van der Waals surface area contributed by atoms with E-state index in [1.54, 1.807) is 0 Å². The molecule has 0 aliphatic heterocycles. The van der Waals surface area contributed by atoms with Crippen molar-refractivity contribution in [2.75, 3.05) is 5.32 Å². The lowest BCUT2D eigenvalue weighted by Gasteiger charge is -2.28. The molecule has 0 aliphatic carbocycles. The van der Waals surface area contributed by atoms with Crippen LogP contribution in [-0.2, 0) is 0 Å². The van der Waals surface area contributed by atoms with E-state index in [4.69, 9.17) is 47.0 Å². The minimum absolute atomic E-state index is 0.0792. The van der Waals surface area contributed by atoms with Crippen molar-refractivity contribution >= 4 is 80.2 Å². The van der Waals surface area contributed by atoms with Crippen LogP contribution >= 0.6 is 47.0 Å². The van der Waals surface area contributed by atoms with Crippen molar-refractivity contribution in [3.05, 3.63) is 82.4 Å². The molecule has 0 bridgehead atoms. The molecular formula is C20H15Cl3N4O3S. The van der Waals surface area contributed by atoms with E-state index < -0.39 is 20.8 Å². The molecule has 160 valence electrons. The standard InChI is InChI=1S/C20H15Cl3N4O3S/c21-20(22,23)18(25-17(28)14-9-3-4-11-16(14)27(29)30)26-19(31)24-15-10-5-7-12-6-1-2-8-13(12)15/h1-11,18H,(H,25,28)(H2,24,26,31)/t18-/m1/s1. The number of thiocarbonyl (C=S) groups is 1. The normalized spacial score (nSPS) is 12.1. The number of fused-ring (bicyclic) bond motifs is 1.